The van der Waals surface area contributed by atoms with Gasteiger partial charge in [-0.2, -0.15) is 4.31 Å². The molecule has 19 heavy (non-hydrogen) atoms. The summed E-state index contributed by atoms with van der Waals surface area (Å²) in [6.07, 6.45) is 0.811. The van der Waals surface area contributed by atoms with Gasteiger partial charge in [-0.25, -0.2) is 12.8 Å². The molecule has 5 nitrogen and oxygen atoms in total. The summed E-state index contributed by atoms with van der Waals surface area (Å²) < 4.78 is 38.8. The van der Waals surface area contributed by atoms with Crippen molar-refractivity contribution in [1.82, 2.24) is 4.31 Å². The van der Waals surface area contributed by atoms with Crippen LogP contribution in [-0.4, -0.2) is 36.4 Å². The lowest BCUT2D eigenvalue weighted by atomic mass is 10.2. The van der Waals surface area contributed by atoms with E-state index in [0.717, 1.165) is 16.4 Å². The Bertz CT molecular complexity index is 614. The molecule has 0 aromatic heterocycles. The molecule has 104 valence electrons. The molecule has 1 atom stereocenters. The summed E-state index contributed by atoms with van der Waals surface area (Å²) in [4.78, 5) is 11.0. The van der Waals surface area contributed by atoms with Crippen LogP contribution in [0, 0.1) is 12.7 Å². The Labute approximate surface area is 110 Å². The number of nitrogens with zero attached hydrogens (tertiary/aromatic N) is 1. The number of carbonyl (C=O) groups is 1. The molecule has 1 aromatic rings. The number of carboxylic acids is 1. The highest BCUT2D eigenvalue weighted by atomic mass is 32.2. The fourth-order valence-electron chi connectivity index (χ4n) is 2.30. The van der Waals surface area contributed by atoms with Crippen molar-refractivity contribution in [2.24, 2.45) is 0 Å². The van der Waals surface area contributed by atoms with Crippen molar-refractivity contribution in [3.63, 3.8) is 0 Å². The van der Waals surface area contributed by atoms with E-state index in [1.165, 1.54) is 13.0 Å². The molecule has 2 rings (SSSR count). The second kappa shape index (κ2) is 4.90. The van der Waals surface area contributed by atoms with Crippen LogP contribution in [-0.2, 0) is 14.8 Å². The number of hydrogen-bond acceptors (Lipinski definition) is 3. The molecule has 1 aromatic carbocycles. The molecule has 0 spiro atoms. The lowest BCUT2D eigenvalue weighted by Crippen LogP contribution is -2.40. The number of carboxylic acid groups (broad SMARTS) is 1. The molecular formula is C12H14FNO4S. The third-order valence-electron chi connectivity index (χ3n) is 3.21. The maximum Gasteiger partial charge on any atom is 0.322 e. The zero-order valence-electron chi connectivity index (χ0n) is 10.3. The van der Waals surface area contributed by atoms with Crippen LogP contribution in [0.3, 0.4) is 0 Å². The molecule has 1 heterocycles. The number of aryl methyl sites for hydroxylation is 1. The van der Waals surface area contributed by atoms with Crippen LogP contribution in [0.1, 0.15) is 18.4 Å². The van der Waals surface area contributed by atoms with Crippen LogP contribution in [0.4, 0.5) is 4.39 Å². The van der Waals surface area contributed by atoms with Crippen molar-refractivity contribution >= 4 is 16.0 Å². The summed E-state index contributed by atoms with van der Waals surface area (Å²) in [6, 6.07) is 2.33. The van der Waals surface area contributed by atoms with E-state index in [1.54, 1.807) is 0 Å². The van der Waals surface area contributed by atoms with Gasteiger partial charge in [0, 0.05) is 6.54 Å². The molecule has 0 saturated carbocycles. The number of benzene rings is 1. The average Bonchev–Trinajstić information content (AvgIpc) is 2.77. The van der Waals surface area contributed by atoms with Gasteiger partial charge in [-0.3, -0.25) is 4.79 Å². The second-order valence-electron chi connectivity index (χ2n) is 4.52. The van der Waals surface area contributed by atoms with Crippen LogP contribution in [0.25, 0.3) is 0 Å². The molecule has 0 radical (unpaired) electrons. The van der Waals surface area contributed by atoms with Gasteiger partial charge in [0.05, 0.1) is 4.90 Å². The molecule has 7 heteroatoms. The number of aliphatic carboxylic acids is 1. The molecule has 0 unspecified atom stereocenters. The van der Waals surface area contributed by atoms with Crippen molar-refractivity contribution < 1.29 is 22.7 Å². The van der Waals surface area contributed by atoms with E-state index in [1.807, 2.05) is 0 Å². The van der Waals surface area contributed by atoms with E-state index in [2.05, 4.69) is 0 Å². The summed E-state index contributed by atoms with van der Waals surface area (Å²) in [7, 11) is -3.89. The minimum atomic E-state index is -3.89. The van der Waals surface area contributed by atoms with E-state index in [-0.39, 0.29) is 17.0 Å². The highest BCUT2D eigenvalue weighted by molar-refractivity contribution is 7.89. The molecule has 1 N–H and O–H groups in total. The highest BCUT2D eigenvalue weighted by Gasteiger charge is 2.39. The summed E-state index contributed by atoms with van der Waals surface area (Å²) >= 11 is 0. The molecule has 0 bridgehead atoms. The lowest BCUT2D eigenvalue weighted by molar-refractivity contribution is -0.140. The van der Waals surface area contributed by atoms with Gasteiger partial charge in [0.25, 0.3) is 0 Å². The van der Waals surface area contributed by atoms with Gasteiger partial charge in [0.2, 0.25) is 10.0 Å². The van der Waals surface area contributed by atoms with Gasteiger partial charge in [0.1, 0.15) is 11.9 Å². The molecule has 1 fully saturated rings. The fourth-order valence-corrected chi connectivity index (χ4v) is 4.16. The first-order valence-electron chi connectivity index (χ1n) is 5.85. The van der Waals surface area contributed by atoms with Gasteiger partial charge in [0.15, 0.2) is 0 Å². The number of halogens is 1. The van der Waals surface area contributed by atoms with E-state index in [4.69, 9.17) is 5.11 Å². The first-order chi connectivity index (χ1) is 8.84. The number of rotatable bonds is 3. The van der Waals surface area contributed by atoms with Gasteiger partial charge in [-0.15, -0.1) is 0 Å². The zero-order chi connectivity index (χ0) is 14.2. The highest BCUT2D eigenvalue weighted by Crippen LogP contribution is 2.28. The predicted octanol–water partition coefficient (Wildman–Crippen LogP) is 1.37. The summed E-state index contributed by atoms with van der Waals surface area (Å²) in [5.41, 5.74) is 0.274. The predicted molar refractivity (Wildman–Crippen MR) is 65.7 cm³/mol. The van der Waals surface area contributed by atoms with Crippen molar-refractivity contribution in [1.29, 1.82) is 0 Å². The third-order valence-corrected chi connectivity index (χ3v) is 5.28. The standard InChI is InChI=1S/C12H14FNO4S/c1-8-7-9(13)4-5-11(8)19(17,18)14-6-2-3-10(14)12(15)16/h4-5,7,10H,2-3,6H2,1H3,(H,15,16)/t10-/m1/s1. The van der Waals surface area contributed by atoms with Gasteiger partial charge in [-0.05, 0) is 43.5 Å². The monoisotopic (exact) mass is 287 g/mol. The quantitative estimate of drug-likeness (QED) is 0.911. The van der Waals surface area contributed by atoms with Crippen molar-refractivity contribution in [3.05, 3.63) is 29.6 Å². The Kier molecular flexibility index (Phi) is 3.60. The van der Waals surface area contributed by atoms with Gasteiger partial charge >= 0.3 is 5.97 Å². The van der Waals surface area contributed by atoms with Crippen LogP contribution >= 0.6 is 0 Å². The van der Waals surface area contributed by atoms with Crippen LogP contribution in [0.2, 0.25) is 0 Å². The lowest BCUT2D eigenvalue weighted by Gasteiger charge is -2.21. The Hall–Kier alpha value is -1.47. The minimum Gasteiger partial charge on any atom is -0.480 e. The van der Waals surface area contributed by atoms with Crippen molar-refractivity contribution in [2.45, 2.75) is 30.7 Å². The first-order valence-corrected chi connectivity index (χ1v) is 7.29. The molecule has 1 aliphatic heterocycles. The normalized spacial score (nSPS) is 20.6. The zero-order valence-corrected chi connectivity index (χ0v) is 11.2. The topological polar surface area (TPSA) is 74.7 Å². The molecule has 0 aliphatic carbocycles. The van der Waals surface area contributed by atoms with Gasteiger partial charge < -0.3 is 5.11 Å². The molecular weight excluding hydrogens is 273 g/mol. The average molecular weight is 287 g/mol. The summed E-state index contributed by atoms with van der Waals surface area (Å²) in [6.45, 7) is 1.66. The number of sulfonamides is 1. The molecule has 0 amide bonds. The SMILES string of the molecule is Cc1cc(F)ccc1S(=O)(=O)N1CCC[C@@H]1C(=O)O. The minimum absolute atomic E-state index is 0.0398. The van der Waals surface area contributed by atoms with Crippen LogP contribution in [0.15, 0.2) is 23.1 Å². The third kappa shape index (κ3) is 2.48. The summed E-state index contributed by atoms with van der Waals surface area (Å²) in [5.74, 6) is -1.67. The maximum atomic E-state index is 13.0. The number of hydrogen-bond donors (Lipinski definition) is 1. The second-order valence-corrected chi connectivity index (χ2v) is 6.38. The van der Waals surface area contributed by atoms with Crippen molar-refractivity contribution in [3.8, 4) is 0 Å². The van der Waals surface area contributed by atoms with E-state index in [9.17, 15) is 17.6 Å². The Morgan fingerprint density at radius 2 is 2.16 bits per heavy atom. The van der Waals surface area contributed by atoms with E-state index < -0.39 is 27.9 Å². The Morgan fingerprint density at radius 1 is 1.47 bits per heavy atom. The fraction of sp³-hybridized carbons (Fsp3) is 0.417. The smallest absolute Gasteiger partial charge is 0.322 e. The molecule has 1 aliphatic rings. The van der Waals surface area contributed by atoms with E-state index >= 15 is 0 Å². The Morgan fingerprint density at radius 3 is 2.74 bits per heavy atom. The van der Waals surface area contributed by atoms with Crippen LogP contribution in [0.5, 0.6) is 0 Å². The van der Waals surface area contributed by atoms with Crippen LogP contribution < -0.4 is 0 Å². The largest absolute Gasteiger partial charge is 0.480 e. The van der Waals surface area contributed by atoms with Crippen molar-refractivity contribution in [2.75, 3.05) is 6.54 Å². The Balaban J connectivity index is 2.45. The summed E-state index contributed by atoms with van der Waals surface area (Å²) in [5, 5.41) is 9.04. The molecule has 1 saturated heterocycles. The first kappa shape index (κ1) is 14.0. The van der Waals surface area contributed by atoms with Gasteiger partial charge in [-0.1, -0.05) is 0 Å². The van der Waals surface area contributed by atoms with E-state index in [0.29, 0.717) is 12.8 Å². The maximum absolute atomic E-state index is 13.0.